The third-order valence-electron chi connectivity index (χ3n) is 1.40. The van der Waals surface area contributed by atoms with Gasteiger partial charge in [0, 0.05) is 11.9 Å². The Morgan fingerprint density at radius 3 is 2.77 bits per heavy atom. The van der Waals surface area contributed by atoms with Crippen LogP contribution in [0.3, 0.4) is 0 Å². The Kier molecular flexibility index (Phi) is 7.80. The zero-order valence-corrected chi connectivity index (χ0v) is 8.40. The average molecular weight is 175 g/mol. The quantitative estimate of drug-likeness (QED) is 0.343. The van der Waals surface area contributed by atoms with E-state index in [0.29, 0.717) is 0 Å². The maximum absolute atomic E-state index is 4.20. The third kappa shape index (κ3) is 8.54. The molecule has 70 valence electrons. The molecule has 1 nitrogen and oxygen atoms in total. The second kappa shape index (κ2) is 8.72. The average Bonchev–Trinajstić information content (AvgIpc) is 2.13. The summed E-state index contributed by atoms with van der Waals surface area (Å²) >= 11 is 0. The lowest BCUT2D eigenvalue weighted by Crippen LogP contribution is -1.70. The van der Waals surface area contributed by atoms with Gasteiger partial charge in [0.25, 0.3) is 0 Å². The van der Waals surface area contributed by atoms with Crippen LogP contribution in [0.4, 0.5) is 0 Å². The maximum atomic E-state index is 4.20. The first-order valence-electron chi connectivity index (χ1n) is 4.41. The number of aliphatic imine (C=N–C) groups is 1. The van der Waals surface area contributed by atoms with Crippen molar-refractivity contribution in [1.82, 2.24) is 0 Å². The third-order valence-corrected chi connectivity index (χ3v) is 1.40. The molecule has 0 aliphatic rings. The van der Waals surface area contributed by atoms with Gasteiger partial charge in [0.2, 0.25) is 0 Å². The van der Waals surface area contributed by atoms with Crippen LogP contribution in [0.2, 0.25) is 0 Å². The molecule has 0 aromatic heterocycles. The fraction of sp³-hybridized carbons (Fsp3) is 0.250. The van der Waals surface area contributed by atoms with Gasteiger partial charge in [0.1, 0.15) is 0 Å². The second-order valence-electron chi connectivity index (χ2n) is 2.55. The van der Waals surface area contributed by atoms with Crippen LogP contribution in [-0.4, -0.2) is 6.21 Å². The molecule has 0 saturated heterocycles. The molecule has 0 aliphatic carbocycles. The zero-order valence-electron chi connectivity index (χ0n) is 8.40. The van der Waals surface area contributed by atoms with Crippen LogP contribution in [0.15, 0.2) is 53.7 Å². The van der Waals surface area contributed by atoms with E-state index in [9.17, 15) is 0 Å². The fourth-order valence-electron chi connectivity index (χ4n) is 0.716. The summed E-state index contributed by atoms with van der Waals surface area (Å²) in [5, 5.41) is 0. The minimum atomic E-state index is 0.949. The molecule has 0 aliphatic heterocycles. The smallest absolute Gasteiger partial charge is 0.0335 e. The number of allylic oxidation sites excluding steroid dienone is 7. The Morgan fingerprint density at radius 2 is 2.15 bits per heavy atom. The summed E-state index contributed by atoms with van der Waals surface area (Å²) in [5.74, 6) is 0. The first kappa shape index (κ1) is 11.6. The van der Waals surface area contributed by atoms with E-state index >= 15 is 0 Å². The minimum Gasteiger partial charge on any atom is -0.262 e. The highest BCUT2D eigenvalue weighted by Gasteiger charge is 1.78. The second-order valence-corrected chi connectivity index (χ2v) is 2.55. The normalized spacial score (nSPS) is 13.5. The number of hydrogen-bond donors (Lipinski definition) is 0. The van der Waals surface area contributed by atoms with Crippen molar-refractivity contribution in [2.24, 2.45) is 4.99 Å². The molecule has 0 saturated carbocycles. The van der Waals surface area contributed by atoms with Crippen LogP contribution in [-0.2, 0) is 0 Å². The van der Waals surface area contributed by atoms with E-state index in [1.54, 1.807) is 12.3 Å². The van der Waals surface area contributed by atoms with E-state index < -0.39 is 0 Å². The topological polar surface area (TPSA) is 12.4 Å². The van der Waals surface area contributed by atoms with Gasteiger partial charge in [-0.3, -0.25) is 4.99 Å². The van der Waals surface area contributed by atoms with E-state index in [-0.39, 0.29) is 0 Å². The van der Waals surface area contributed by atoms with Gasteiger partial charge >= 0.3 is 0 Å². The van der Waals surface area contributed by atoms with E-state index in [2.05, 4.69) is 23.7 Å². The molecule has 0 unspecified atom stereocenters. The Hall–Kier alpha value is -1.37. The number of hydrogen-bond acceptors (Lipinski definition) is 1. The standard InChI is InChI=1S/C12H17N/c1-4-6-8-10-12(3)13-11-9-7-5-2/h4-7,9-11H,2,8H2,1,3H3/b6-4-,9-7?,12-10+,13-11?. The maximum Gasteiger partial charge on any atom is 0.0335 e. The molecule has 0 fully saturated rings. The number of rotatable bonds is 5. The van der Waals surface area contributed by atoms with Crippen molar-refractivity contribution < 1.29 is 0 Å². The van der Waals surface area contributed by atoms with Crippen molar-refractivity contribution in [3.8, 4) is 0 Å². The van der Waals surface area contributed by atoms with E-state index in [1.165, 1.54) is 0 Å². The van der Waals surface area contributed by atoms with Gasteiger partial charge in [-0.25, -0.2) is 0 Å². The first-order chi connectivity index (χ1) is 6.31. The largest absolute Gasteiger partial charge is 0.262 e. The molecular formula is C12H17N. The van der Waals surface area contributed by atoms with Crippen molar-refractivity contribution in [1.29, 1.82) is 0 Å². The van der Waals surface area contributed by atoms with Crippen LogP contribution < -0.4 is 0 Å². The van der Waals surface area contributed by atoms with Crippen molar-refractivity contribution >= 4 is 6.21 Å². The Labute approximate surface area is 80.9 Å². The lowest BCUT2D eigenvalue weighted by atomic mass is 10.3. The van der Waals surface area contributed by atoms with Gasteiger partial charge in [-0.1, -0.05) is 37.0 Å². The predicted octanol–water partition coefficient (Wildman–Crippen LogP) is 3.67. The van der Waals surface area contributed by atoms with Gasteiger partial charge < -0.3 is 0 Å². The van der Waals surface area contributed by atoms with Crippen molar-refractivity contribution in [2.75, 3.05) is 0 Å². The molecular weight excluding hydrogens is 158 g/mol. The molecule has 1 heteroatoms. The Bertz CT molecular complexity index is 242. The van der Waals surface area contributed by atoms with Crippen LogP contribution >= 0.6 is 0 Å². The summed E-state index contributed by atoms with van der Waals surface area (Å²) in [6.07, 6.45) is 14.4. The summed E-state index contributed by atoms with van der Waals surface area (Å²) in [6, 6.07) is 0. The first-order valence-corrected chi connectivity index (χ1v) is 4.41. The van der Waals surface area contributed by atoms with E-state index in [4.69, 9.17) is 0 Å². The van der Waals surface area contributed by atoms with Crippen molar-refractivity contribution in [2.45, 2.75) is 20.3 Å². The molecule has 0 N–H and O–H groups in total. The summed E-state index contributed by atoms with van der Waals surface area (Å²) in [4.78, 5) is 4.20. The van der Waals surface area contributed by atoms with Crippen LogP contribution in [0.5, 0.6) is 0 Å². The SMILES string of the molecule is C=CC=CC=N/C(C)=C/C/C=C\C. The lowest BCUT2D eigenvalue weighted by Gasteiger charge is -1.87. The van der Waals surface area contributed by atoms with Crippen molar-refractivity contribution in [3.05, 3.63) is 48.7 Å². The van der Waals surface area contributed by atoms with Gasteiger partial charge in [-0.05, 0) is 26.3 Å². The summed E-state index contributed by atoms with van der Waals surface area (Å²) in [7, 11) is 0. The molecule has 0 radical (unpaired) electrons. The van der Waals surface area contributed by atoms with E-state index in [0.717, 1.165) is 12.1 Å². The molecule has 0 rings (SSSR count). The molecule has 0 amide bonds. The van der Waals surface area contributed by atoms with Crippen molar-refractivity contribution in [3.63, 3.8) is 0 Å². The highest BCUT2D eigenvalue weighted by Crippen LogP contribution is 1.96. The molecule has 0 bridgehead atoms. The molecule has 0 spiro atoms. The molecule has 0 heterocycles. The van der Waals surface area contributed by atoms with Crippen LogP contribution in [0, 0.1) is 0 Å². The van der Waals surface area contributed by atoms with Crippen LogP contribution in [0.1, 0.15) is 20.3 Å². The molecule has 0 aromatic carbocycles. The highest BCUT2D eigenvalue weighted by molar-refractivity contribution is 5.72. The molecule has 13 heavy (non-hydrogen) atoms. The molecule has 0 atom stereocenters. The van der Waals surface area contributed by atoms with Gasteiger partial charge in [-0.2, -0.15) is 0 Å². The highest BCUT2D eigenvalue weighted by atomic mass is 14.7. The fourth-order valence-corrected chi connectivity index (χ4v) is 0.716. The minimum absolute atomic E-state index is 0.949. The van der Waals surface area contributed by atoms with Gasteiger partial charge in [0.15, 0.2) is 0 Å². The summed E-state index contributed by atoms with van der Waals surface area (Å²) in [5.41, 5.74) is 1.03. The van der Waals surface area contributed by atoms with E-state index in [1.807, 2.05) is 32.1 Å². The van der Waals surface area contributed by atoms with Gasteiger partial charge in [0.05, 0.1) is 0 Å². The number of nitrogens with zero attached hydrogens (tertiary/aromatic N) is 1. The Morgan fingerprint density at radius 1 is 1.38 bits per heavy atom. The summed E-state index contributed by atoms with van der Waals surface area (Å²) in [6.45, 7) is 7.57. The Balaban J connectivity index is 3.90. The zero-order chi connectivity index (χ0) is 9.94. The van der Waals surface area contributed by atoms with Crippen LogP contribution in [0.25, 0.3) is 0 Å². The van der Waals surface area contributed by atoms with Gasteiger partial charge in [-0.15, -0.1) is 0 Å². The lowest BCUT2D eigenvalue weighted by molar-refractivity contribution is 1.24. The predicted molar refractivity (Wildman–Crippen MR) is 61.0 cm³/mol. The summed E-state index contributed by atoms with van der Waals surface area (Å²) < 4.78 is 0. The molecule has 0 aromatic rings. The monoisotopic (exact) mass is 175 g/mol.